The van der Waals surface area contributed by atoms with Crippen LogP contribution in [-0.4, -0.2) is 17.1 Å². The normalized spacial score (nSPS) is 21.0. The van der Waals surface area contributed by atoms with Crippen LogP contribution >= 0.6 is 0 Å². The Morgan fingerprint density at radius 1 is 1.59 bits per heavy atom. The molecule has 4 nitrogen and oxygen atoms in total. The highest BCUT2D eigenvalue weighted by Gasteiger charge is 2.45. The van der Waals surface area contributed by atoms with Gasteiger partial charge in [-0.1, -0.05) is 13.8 Å². The van der Waals surface area contributed by atoms with Crippen LogP contribution in [0.2, 0.25) is 0 Å². The topological polar surface area (TPSA) is 75.3 Å². The molecule has 1 aliphatic carbocycles. The molecule has 1 unspecified atom stereocenters. The first-order chi connectivity index (χ1) is 7.81. The number of carboxylic acid groups (broad SMARTS) is 1. The Balaban J connectivity index is 2.28. The smallest absolute Gasteiger partial charge is 0.337 e. The van der Waals surface area contributed by atoms with E-state index in [4.69, 9.17) is 10.8 Å². The lowest BCUT2D eigenvalue weighted by Gasteiger charge is -2.11. The number of carboxylic acids is 1. The number of carbonyl (C=O) groups is 1. The number of aromatic carboxylic acids is 1. The highest BCUT2D eigenvalue weighted by atomic mass is 19.1. The third-order valence-electron chi connectivity index (χ3n) is 3.21. The van der Waals surface area contributed by atoms with Crippen molar-refractivity contribution in [2.24, 2.45) is 5.41 Å². The zero-order valence-corrected chi connectivity index (χ0v) is 9.75. The van der Waals surface area contributed by atoms with Gasteiger partial charge in [-0.3, -0.25) is 0 Å². The van der Waals surface area contributed by atoms with Crippen molar-refractivity contribution in [3.05, 3.63) is 23.5 Å². The van der Waals surface area contributed by atoms with Crippen molar-refractivity contribution in [2.75, 3.05) is 11.1 Å². The molecule has 1 atom stereocenters. The molecule has 0 spiro atoms. The van der Waals surface area contributed by atoms with Gasteiger partial charge in [-0.15, -0.1) is 0 Å². The molecule has 1 aromatic carbocycles. The molecule has 1 aliphatic rings. The van der Waals surface area contributed by atoms with Crippen LogP contribution in [0.1, 0.15) is 30.6 Å². The summed E-state index contributed by atoms with van der Waals surface area (Å²) in [7, 11) is 0. The summed E-state index contributed by atoms with van der Waals surface area (Å²) in [5, 5.41) is 11.9. The second kappa shape index (κ2) is 3.61. The Morgan fingerprint density at radius 2 is 2.18 bits per heavy atom. The molecule has 5 heteroatoms. The molecule has 4 N–H and O–H groups in total. The van der Waals surface area contributed by atoms with E-state index in [1.54, 1.807) is 0 Å². The number of anilines is 2. The second-order valence-electron chi connectivity index (χ2n) is 5.11. The highest BCUT2D eigenvalue weighted by molar-refractivity contribution is 5.94. The van der Waals surface area contributed by atoms with Crippen molar-refractivity contribution in [1.82, 2.24) is 0 Å². The predicted molar refractivity (Wildman–Crippen MR) is 63.6 cm³/mol. The van der Waals surface area contributed by atoms with Gasteiger partial charge in [0.25, 0.3) is 0 Å². The van der Waals surface area contributed by atoms with Gasteiger partial charge in [0.2, 0.25) is 0 Å². The Hall–Kier alpha value is -1.78. The van der Waals surface area contributed by atoms with E-state index >= 15 is 0 Å². The summed E-state index contributed by atoms with van der Waals surface area (Å²) in [6, 6.07) is 2.48. The maximum absolute atomic E-state index is 13.6. The molecule has 0 heterocycles. The molecule has 0 aromatic heterocycles. The van der Waals surface area contributed by atoms with Crippen molar-refractivity contribution >= 4 is 17.3 Å². The molecular formula is C12H15FN2O2. The van der Waals surface area contributed by atoms with Crippen molar-refractivity contribution in [3.8, 4) is 0 Å². The van der Waals surface area contributed by atoms with Gasteiger partial charge < -0.3 is 16.2 Å². The van der Waals surface area contributed by atoms with E-state index < -0.39 is 11.8 Å². The quantitative estimate of drug-likeness (QED) is 0.706. The van der Waals surface area contributed by atoms with Gasteiger partial charge in [-0.2, -0.15) is 0 Å². The highest BCUT2D eigenvalue weighted by Crippen LogP contribution is 2.46. The van der Waals surface area contributed by atoms with Crippen molar-refractivity contribution < 1.29 is 14.3 Å². The first kappa shape index (κ1) is 11.7. The Labute approximate surface area is 98.6 Å². The first-order valence-electron chi connectivity index (χ1n) is 5.40. The lowest BCUT2D eigenvalue weighted by molar-refractivity contribution is 0.0698. The molecule has 0 amide bonds. The fraction of sp³-hybridized carbons (Fsp3) is 0.417. The first-order valence-corrected chi connectivity index (χ1v) is 5.40. The Morgan fingerprint density at radius 3 is 2.65 bits per heavy atom. The van der Waals surface area contributed by atoms with Crippen LogP contribution in [0.25, 0.3) is 0 Å². The molecule has 1 fully saturated rings. The summed E-state index contributed by atoms with van der Waals surface area (Å²) >= 11 is 0. The molecule has 0 saturated heterocycles. The van der Waals surface area contributed by atoms with Crippen LogP contribution in [0.15, 0.2) is 12.1 Å². The molecule has 1 saturated carbocycles. The van der Waals surface area contributed by atoms with Gasteiger partial charge in [-0.25, -0.2) is 9.18 Å². The summed E-state index contributed by atoms with van der Waals surface area (Å²) in [5.74, 6) is -1.67. The average molecular weight is 238 g/mol. The van der Waals surface area contributed by atoms with Crippen LogP contribution in [0, 0.1) is 11.2 Å². The SMILES string of the molecule is CC1(C)CC1Nc1cc(C(=O)O)c(N)cc1F. The molecule has 0 radical (unpaired) electrons. The van der Waals surface area contributed by atoms with E-state index in [-0.39, 0.29) is 28.4 Å². The van der Waals surface area contributed by atoms with Crippen molar-refractivity contribution in [1.29, 1.82) is 0 Å². The van der Waals surface area contributed by atoms with Crippen LogP contribution in [-0.2, 0) is 0 Å². The van der Waals surface area contributed by atoms with Crippen molar-refractivity contribution in [3.63, 3.8) is 0 Å². The molecule has 92 valence electrons. The zero-order valence-electron chi connectivity index (χ0n) is 9.75. The van der Waals surface area contributed by atoms with E-state index in [1.165, 1.54) is 6.07 Å². The van der Waals surface area contributed by atoms with Crippen LogP contribution in [0.3, 0.4) is 0 Å². The van der Waals surface area contributed by atoms with Crippen LogP contribution < -0.4 is 11.1 Å². The monoisotopic (exact) mass is 238 g/mol. The number of benzene rings is 1. The number of hydrogen-bond donors (Lipinski definition) is 3. The van der Waals surface area contributed by atoms with E-state index in [0.717, 1.165) is 12.5 Å². The van der Waals surface area contributed by atoms with E-state index in [2.05, 4.69) is 19.2 Å². The lowest BCUT2D eigenvalue weighted by atomic mass is 10.1. The van der Waals surface area contributed by atoms with E-state index in [0.29, 0.717) is 0 Å². The number of nitrogens with two attached hydrogens (primary N) is 1. The Bertz CT molecular complexity index is 486. The number of rotatable bonds is 3. The minimum atomic E-state index is -1.15. The number of nitrogen functional groups attached to an aromatic ring is 1. The third kappa shape index (κ3) is 2.18. The van der Waals surface area contributed by atoms with Crippen LogP contribution in [0.5, 0.6) is 0 Å². The average Bonchev–Trinajstić information content (AvgIpc) is 2.78. The molecule has 0 bridgehead atoms. The van der Waals surface area contributed by atoms with Gasteiger partial charge in [0.05, 0.1) is 11.3 Å². The number of halogens is 1. The molecular weight excluding hydrogens is 223 g/mol. The summed E-state index contributed by atoms with van der Waals surface area (Å²) < 4.78 is 13.6. The summed E-state index contributed by atoms with van der Waals surface area (Å²) in [6.45, 7) is 4.13. The summed E-state index contributed by atoms with van der Waals surface area (Å²) in [5.41, 5.74) is 5.64. The second-order valence-corrected chi connectivity index (χ2v) is 5.11. The van der Waals surface area contributed by atoms with E-state index in [9.17, 15) is 9.18 Å². The standard InChI is InChI=1S/C12H15FN2O2/c1-12(2)5-10(12)15-9-3-6(11(16)17)8(14)4-7(9)13/h3-4,10,15H,5,14H2,1-2H3,(H,16,17). The fourth-order valence-electron chi connectivity index (χ4n) is 1.79. The predicted octanol–water partition coefficient (Wildman–Crippen LogP) is 2.32. The number of nitrogens with one attached hydrogen (secondary N) is 1. The zero-order chi connectivity index (χ0) is 12.8. The minimum Gasteiger partial charge on any atom is -0.478 e. The fourth-order valence-corrected chi connectivity index (χ4v) is 1.79. The van der Waals surface area contributed by atoms with Gasteiger partial charge in [-0.05, 0) is 24.0 Å². The van der Waals surface area contributed by atoms with Crippen LogP contribution in [0.4, 0.5) is 15.8 Å². The van der Waals surface area contributed by atoms with Gasteiger partial charge in [0.1, 0.15) is 5.82 Å². The lowest BCUT2D eigenvalue weighted by Crippen LogP contribution is -2.12. The minimum absolute atomic E-state index is 0.0596. The van der Waals surface area contributed by atoms with E-state index in [1.807, 2.05) is 0 Å². The van der Waals surface area contributed by atoms with Gasteiger partial charge >= 0.3 is 5.97 Å². The molecule has 17 heavy (non-hydrogen) atoms. The number of hydrogen-bond acceptors (Lipinski definition) is 3. The van der Waals surface area contributed by atoms with Crippen molar-refractivity contribution in [2.45, 2.75) is 26.3 Å². The maximum Gasteiger partial charge on any atom is 0.337 e. The van der Waals surface area contributed by atoms with Gasteiger partial charge in [0, 0.05) is 11.7 Å². The van der Waals surface area contributed by atoms with Gasteiger partial charge in [0.15, 0.2) is 0 Å². The molecule has 1 aromatic rings. The third-order valence-corrected chi connectivity index (χ3v) is 3.21. The maximum atomic E-state index is 13.6. The largest absolute Gasteiger partial charge is 0.478 e. The summed E-state index contributed by atoms with van der Waals surface area (Å²) in [6.07, 6.45) is 0.944. The summed E-state index contributed by atoms with van der Waals surface area (Å²) in [4.78, 5) is 10.9. The Kier molecular flexibility index (Phi) is 2.49. The molecule has 0 aliphatic heterocycles. The molecule has 2 rings (SSSR count).